The van der Waals surface area contributed by atoms with Crippen LogP contribution in [0.3, 0.4) is 0 Å². The van der Waals surface area contributed by atoms with Gasteiger partial charge in [0.1, 0.15) is 0 Å². The Hall–Kier alpha value is -1.81. The Morgan fingerprint density at radius 2 is 2.05 bits per heavy atom. The second-order valence-electron chi connectivity index (χ2n) is 5.36. The Morgan fingerprint density at radius 3 is 2.75 bits per heavy atom. The van der Waals surface area contributed by atoms with Crippen molar-refractivity contribution in [2.45, 2.75) is 13.3 Å². The third-order valence-corrected chi connectivity index (χ3v) is 4.10. The average molecular weight is 271 g/mol. The van der Waals surface area contributed by atoms with E-state index in [1.807, 2.05) is 18.1 Å². The Kier molecular flexibility index (Phi) is 3.49. The lowest BCUT2D eigenvalue weighted by atomic mass is 10.1. The van der Waals surface area contributed by atoms with Gasteiger partial charge in [0.05, 0.1) is 11.1 Å². The number of amides is 1. The number of nitrogens with zero attached hydrogens (tertiary/aromatic N) is 2. The van der Waals surface area contributed by atoms with Crippen LogP contribution in [0.25, 0.3) is 10.9 Å². The zero-order chi connectivity index (χ0) is 14.1. The molecular formula is C16H21N3O. The number of piperazine rings is 1. The quantitative estimate of drug-likeness (QED) is 0.904. The molecule has 1 aromatic heterocycles. The van der Waals surface area contributed by atoms with Gasteiger partial charge in [-0.2, -0.15) is 0 Å². The van der Waals surface area contributed by atoms with E-state index in [1.165, 1.54) is 11.1 Å². The first-order chi connectivity index (χ1) is 9.72. The molecule has 0 bridgehead atoms. The molecule has 1 aliphatic heterocycles. The third kappa shape index (κ3) is 2.10. The molecule has 4 nitrogen and oxygen atoms in total. The summed E-state index contributed by atoms with van der Waals surface area (Å²) in [7, 11) is 2.02. The van der Waals surface area contributed by atoms with Crippen LogP contribution >= 0.6 is 0 Å². The Balaban J connectivity index is 2.05. The fraction of sp³-hybridized carbons (Fsp3) is 0.438. The van der Waals surface area contributed by atoms with Gasteiger partial charge < -0.3 is 14.8 Å². The summed E-state index contributed by atoms with van der Waals surface area (Å²) in [6, 6.07) is 6.25. The standard InChI is InChI=1S/C16H21N3O/c1-3-12-5-4-6-13-14(11-18(2)15(12)13)16(20)19-9-7-17-8-10-19/h4-6,11,17H,3,7-10H2,1-2H3. The maximum Gasteiger partial charge on any atom is 0.256 e. The summed E-state index contributed by atoms with van der Waals surface area (Å²) in [6.07, 6.45) is 2.96. The van der Waals surface area contributed by atoms with Gasteiger partial charge in [0.25, 0.3) is 5.91 Å². The lowest BCUT2D eigenvalue weighted by molar-refractivity contribution is 0.0737. The minimum Gasteiger partial charge on any atom is -0.349 e. The minimum atomic E-state index is 0.158. The largest absolute Gasteiger partial charge is 0.349 e. The van der Waals surface area contributed by atoms with Crippen LogP contribution in [-0.4, -0.2) is 41.6 Å². The first kappa shape index (κ1) is 13.2. The van der Waals surface area contributed by atoms with E-state index in [1.54, 1.807) is 0 Å². The molecule has 0 aliphatic carbocycles. The van der Waals surface area contributed by atoms with Gasteiger partial charge in [-0.25, -0.2) is 0 Å². The molecule has 3 rings (SSSR count). The molecule has 2 heterocycles. The molecule has 0 atom stereocenters. The number of benzene rings is 1. The van der Waals surface area contributed by atoms with E-state index in [2.05, 4.69) is 35.0 Å². The molecule has 2 aromatic rings. The zero-order valence-corrected chi connectivity index (χ0v) is 12.1. The van der Waals surface area contributed by atoms with Gasteiger partial charge >= 0.3 is 0 Å². The third-order valence-electron chi connectivity index (χ3n) is 4.10. The van der Waals surface area contributed by atoms with Crippen molar-refractivity contribution in [3.63, 3.8) is 0 Å². The molecule has 1 amide bonds. The smallest absolute Gasteiger partial charge is 0.256 e. The van der Waals surface area contributed by atoms with Gasteiger partial charge in [0.15, 0.2) is 0 Å². The summed E-state index contributed by atoms with van der Waals surface area (Å²) in [5, 5.41) is 4.36. The topological polar surface area (TPSA) is 37.3 Å². The second-order valence-corrected chi connectivity index (χ2v) is 5.36. The number of para-hydroxylation sites is 1. The van der Waals surface area contributed by atoms with Crippen molar-refractivity contribution in [2.24, 2.45) is 7.05 Å². The molecule has 0 unspecified atom stereocenters. The lowest BCUT2D eigenvalue weighted by Gasteiger charge is -2.27. The second kappa shape index (κ2) is 5.29. The molecular weight excluding hydrogens is 250 g/mol. The number of carbonyl (C=O) groups excluding carboxylic acids is 1. The van der Waals surface area contributed by atoms with Gasteiger partial charge in [0.2, 0.25) is 0 Å². The van der Waals surface area contributed by atoms with Crippen LogP contribution in [0, 0.1) is 0 Å². The summed E-state index contributed by atoms with van der Waals surface area (Å²) in [6.45, 7) is 5.51. The van der Waals surface area contributed by atoms with E-state index in [9.17, 15) is 4.79 Å². The van der Waals surface area contributed by atoms with Crippen molar-refractivity contribution in [3.05, 3.63) is 35.5 Å². The number of hydrogen-bond donors (Lipinski definition) is 1. The summed E-state index contributed by atoms with van der Waals surface area (Å²) in [4.78, 5) is 14.7. The summed E-state index contributed by atoms with van der Waals surface area (Å²) in [5.74, 6) is 0.158. The number of rotatable bonds is 2. The number of carbonyl (C=O) groups is 1. The van der Waals surface area contributed by atoms with E-state index < -0.39 is 0 Å². The molecule has 0 saturated carbocycles. The molecule has 20 heavy (non-hydrogen) atoms. The van der Waals surface area contributed by atoms with Crippen molar-refractivity contribution in [1.82, 2.24) is 14.8 Å². The Labute approximate surface area is 119 Å². The highest BCUT2D eigenvalue weighted by Gasteiger charge is 2.22. The summed E-state index contributed by atoms with van der Waals surface area (Å²) in [5.41, 5.74) is 3.32. The van der Waals surface area contributed by atoms with Gasteiger partial charge in [-0.05, 0) is 12.0 Å². The fourth-order valence-electron chi connectivity index (χ4n) is 3.05. The van der Waals surface area contributed by atoms with E-state index in [0.717, 1.165) is 43.5 Å². The average Bonchev–Trinajstić information content (AvgIpc) is 2.85. The Morgan fingerprint density at radius 1 is 1.30 bits per heavy atom. The normalized spacial score (nSPS) is 15.8. The predicted octanol–water partition coefficient (Wildman–Crippen LogP) is 1.79. The highest BCUT2D eigenvalue weighted by atomic mass is 16.2. The number of hydrogen-bond acceptors (Lipinski definition) is 2. The number of nitrogens with one attached hydrogen (secondary N) is 1. The molecule has 1 aromatic carbocycles. The fourth-order valence-corrected chi connectivity index (χ4v) is 3.05. The highest BCUT2D eigenvalue weighted by Crippen LogP contribution is 2.25. The van der Waals surface area contributed by atoms with E-state index >= 15 is 0 Å². The minimum absolute atomic E-state index is 0.158. The maximum absolute atomic E-state index is 12.7. The van der Waals surface area contributed by atoms with Crippen LogP contribution in [0.15, 0.2) is 24.4 Å². The van der Waals surface area contributed by atoms with Gasteiger partial charge in [-0.3, -0.25) is 4.79 Å². The molecule has 4 heteroatoms. The molecule has 0 spiro atoms. The van der Waals surface area contributed by atoms with Crippen molar-refractivity contribution >= 4 is 16.8 Å². The first-order valence-corrected chi connectivity index (χ1v) is 7.29. The number of aryl methyl sites for hydroxylation is 2. The molecule has 1 fully saturated rings. The summed E-state index contributed by atoms with van der Waals surface area (Å²) < 4.78 is 2.09. The van der Waals surface area contributed by atoms with Crippen LogP contribution in [0.1, 0.15) is 22.8 Å². The zero-order valence-electron chi connectivity index (χ0n) is 12.1. The van der Waals surface area contributed by atoms with Gasteiger partial charge in [-0.15, -0.1) is 0 Å². The van der Waals surface area contributed by atoms with Crippen molar-refractivity contribution in [3.8, 4) is 0 Å². The molecule has 1 N–H and O–H groups in total. The molecule has 1 aliphatic rings. The number of aromatic nitrogens is 1. The van der Waals surface area contributed by atoms with E-state index in [-0.39, 0.29) is 5.91 Å². The lowest BCUT2D eigenvalue weighted by Crippen LogP contribution is -2.46. The van der Waals surface area contributed by atoms with Crippen molar-refractivity contribution < 1.29 is 4.79 Å². The van der Waals surface area contributed by atoms with Crippen LogP contribution in [0.4, 0.5) is 0 Å². The first-order valence-electron chi connectivity index (χ1n) is 7.29. The van der Waals surface area contributed by atoms with Gasteiger partial charge in [0, 0.05) is 44.8 Å². The molecule has 1 saturated heterocycles. The number of fused-ring (bicyclic) bond motifs is 1. The SMILES string of the molecule is CCc1cccc2c(C(=O)N3CCNCC3)cn(C)c12. The Bertz CT molecular complexity index is 638. The molecule has 0 radical (unpaired) electrons. The van der Waals surface area contributed by atoms with Crippen molar-refractivity contribution in [1.29, 1.82) is 0 Å². The van der Waals surface area contributed by atoms with Gasteiger partial charge in [-0.1, -0.05) is 25.1 Å². The maximum atomic E-state index is 12.7. The van der Waals surface area contributed by atoms with Crippen LogP contribution in [0.2, 0.25) is 0 Å². The summed E-state index contributed by atoms with van der Waals surface area (Å²) >= 11 is 0. The van der Waals surface area contributed by atoms with Crippen LogP contribution in [0.5, 0.6) is 0 Å². The van der Waals surface area contributed by atoms with Crippen LogP contribution in [-0.2, 0) is 13.5 Å². The highest BCUT2D eigenvalue weighted by molar-refractivity contribution is 6.07. The predicted molar refractivity (Wildman–Crippen MR) is 81.1 cm³/mol. The van der Waals surface area contributed by atoms with E-state index in [4.69, 9.17) is 0 Å². The van der Waals surface area contributed by atoms with Crippen LogP contribution < -0.4 is 5.32 Å². The van der Waals surface area contributed by atoms with Crippen molar-refractivity contribution in [2.75, 3.05) is 26.2 Å². The monoisotopic (exact) mass is 271 g/mol. The molecule has 106 valence electrons. The van der Waals surface area contributed by atoms with E-state index in [0.29, 0.717) is 0 Å².